The van der Waals surface area contributed by atoms with E-state index in [1.54, 1.807) is 19.4 Å². The number of benzene rings is 1. The van der Waals surface area contributed by atoms with Crippen molar-refractivity contribution in [1.29, 1.82) is 0 Å². The molecule has 5 atom stereocenters. The van der Waals surface area contributed by atoms with Crippen molar-refractivity contribution in [2.45, 2.75) is 50.6 Å². The van der Waals surface area contributed by atoms with Crippen LogP contribution in [0.1, 0.15) is 26.2 Å². The lowest BCUT2D eigenvalue weighted by molar-refractivity contribution is -0.149. The first-order valence-electron chi connectivity index (χ1n) is 13.8. The second-order valence-corrected chi connectivity index (χ2v) is 10.7. The highest BCUT2D eigenvalue weighted by Crippen LogP contribution is 2.53. The molecule has 39 heavy (non-hydrogen) atoms. The maximum atomic E-state index is 14.3. The number of aliphatic hydroxyl groups excluding tert-OH is 1. The van der Waals surface area contributed by atoms with Gasteiger partial charge in [0.2, 0.25) is 11.8 Å². The normalized spacial score (nSPS) is 30.1. The molecule has 5 heterocycles. The molecule has 3 amide bonds. The van der Waals surface area contributed by atoms with Crippen LogP contribution in [-0.4, -0.2) is 103 Å². The van der Waals surface area contributed by atoms with Gasteiger partial charge in [-0.3, -0.25) is 14.4 Å². The molecule has 2 fully saturated rings. The zero-order chi connectivity index (χ0) is 27.1. The van der Waals surface area contributed by atoms with Crippen LogP contribution in [0, 0.1) is 11.8 Å². The van der Waals surface area contributed by atoms with Gasteiger partial charge in [-0.2, -0.15) is 0 Å². The van der Waals surface area contributed by atoms with E-state index in [4.69, 9.17) is 4.74 Å². The van der Waals surface area contributed by atoms with Crippen LogP contribution >= 0.6 is 0 Å². The summed E-state index contributed by atoms with van der Waals surface area (Å²) in [6.45, 7) is 3.86. The van der Waals surface area contributed by atoms with Gasteiger partial charge in [0.05, 0.1) is 23.5 Å². The molecule has 1 spiro atoms. The zero-order valence-corrected chi connectivity index (χ0v) is 22.1. The summed E-state index contributed by atoms with van der Waals surface area (Å²) in [5.74, 6) is -2.09. The molecule has 2 saturated heterocycles. The molecular weight excluding hydrogens is 500 g/mol. The molecule has 0 aliphatic carbocycles. The summed E-state index contributed by atoms with van der Waals surface area (Å²) in [5, 5.41) is 17.8. The quantitative estimate of drug-likeness (QED) is 0.395. The molecule has 4 aliphatic heterocycles. The molecule has 1 aromatic heterocycles. The van der Waals surface area contributed by atoms with Gasteiger partial charge in [0.1, 0.15) is 23.8 Å². The van der Waals surface area contributed by atoms with Gasteiger partial charge in [-0.15, -0.1) is 5.10 Å². The number of likely N-dealkylation sites (tertiary alicyclic amines) is 1. The zero-order valence-electron chi connectivity index (χ0n) is 22.1. The SMILES string of the molecule is CCCN1CC=C[C@H]2O[C@]34C=CCN(Cn5nnc6ccccc65)C(=O)C3N(CCCCO)C(=O)[C@@H]4[C@H]2C1=O. The molecule has 4 aliphatic rings. The van der Waals surface area contributed by atoms with Crippen molar-refractivity contribution in [3.05, 3.63) is 48.6 Å². The van der Waals surface area contributed by atoms with Crippen molar-refractivity contribution in [3.8, 4) is 0 Å². The molecular formula is C28H34N6O5. The number of fused-ring (bicyclic) bond motifs is 3. The van der Waals surface area contributed by atoms with Crippen LogP contribution in [0.3, 0.4) is 0 Å². The van der Waals surface area contributed by atoms with Gasteiger partial charge in [-0.1, -0.05) is 48.6 Å². The van der Waals surface area contributed by atoms with E-state index in [0.717, 1.165) is 17.5 Å². The number of nitrogens with zero attached hydrogens (tertiary/aromatic N) is 6. The minimum absolute atomic E-state index is 0.00290. The monoisotopic (exact) mass is 534 g/mol. The van der Waals surface area contributed by atoms with Crippen LogP contribution in [0.15, 0.2) is 48.6 Å². The molecule has 2 aromatic rings. The molecule has 0 saturated carbocycles. The lowest BCUT2D eigenvalue weighted by Gasteiger charge is -2.35. The van der Waals surface area contributed by atoms with Gasteiger partial charge in [-0.05, 0) is 31.4 Å². The second kappa shape index (κ2) is 10.2. The number of rotatable bonds is 8. The van der Waals surface area contributed by atoms with E-state index < -0.39 is 29.6 Å². The van der Waals surface area contributed by atoms with Gasteiger partial charge in [-0.25, -0.2) is 4.68 Å². The fourth-order valence-corrected chi connectivity index (χ4v) is 6.65. The van der Waals surface area contributed by atoms with E-state index in [1.807, 2.05) is 55.5 Å². The van der Waals surface area contributed by atoms with E-state index in [0.29, 0.717) is 39.0 Å². The van der Waals surface area contributed by atoms with Crippen molar-refractivity contribution >= 4 is 28.8 Å². The fraction of sp³-hybridized carbons (Fsp3) is 0.536. The molecule has 1 unspecified atom stereocenters. The van der Waals surface area contributed by atoms with Crippen molar-refractivity contribution < 1.29 is 24.2 Å². The maximum Gasteiger partial charge on any atom is 0.250 e. The predicted molar refractivity (Wildman–Crippen MR) is 141 cm³/mol. The van der Waals surface area contributed by atoms with Gasteiger partial charge in [0, 0.05) is 32.8 Å². The summed E-state index contributed by atoms with van der Waals surface area (Å²) in [6, 6.07) is 6.63. The Hall–Kier alpha value is -3.57. The molecule has 0 bridgehead atoms. The first kappa shape index (κ1) is 25.7. The summed E-state index contributed by atoms with van der Waals surface area (Å²) in [5.41, 5.74) is 0.284. The van der Waals surface area contributed by atoms with Gasteiger partial charge in [0.15, 0.2) is 0 Å². The number of hydrogen-bond donors (Lipinski definition) is 1. The third kappa shape index (κ3) is 4.06. The lowest BCUT2D eigenvalue weighted by Crippen LogP contribution is -2.55. The summed E-state index contributed by atoms with van der Waals surface area (Å²) in [4.78, 5) is 47.3. The third-order valence-electron chi connectivity index (χ3n) is 8.35. The Bertz CT molecular complexity index is 1340. The molecule has 11 heteroatoms. The Morgan fingerprint density at radius 3 is 2.67 bits per heavy atom. The third-order valence-corrected chi connectivity index (χ3v) is 8.35. The maximum absolute atomic E-state index is 14.3. The van der Waals surface area contributed by atoms with Crippen LogP contribution in [0.2, 0.25) is 0 Å². The van der Waals surface area contributed by atoms with Gasteiger partial charge >= 0.3 is 0 Å². The average Bonchev–Trinajstić information content (AvgIpc) is 3.49. The van der Waals surface area contributed by atoms with E-state index >= 15 is 0 Å². The number of carbonyl (C=O) groups is 3. The number of unbranched alkanes of at least 4 members (excludes halogenated alkanes) is 1. The van der Waals surface area contributed by atoms with Crippen LogP contribution < -0.4 is 0 Å². The molecule has 11 nitrogen and oxygen atoms in total. The van der Waals surface area contributed by atoms with Crippen molar-refractivity contribution in [3.63, 3.8) is 0 Å². The number of para-hydroxylation sites is 1. The Kier molecular flexibility index (Phi) is 6.72. The molecule has 0 radical (unpaired) electrons. The number of carbonyl (C=O) groups excluding carboxylic acids is 3. The van der Waals surface area contributed by atoms with Gasteiger partial charge in [0.25, 0.3) is 5.91 Å². The lowest BCUT2D eigenvalue weighted by atomic mass is 9.77. The van der Waals surface area contributed by atoms with Crippen molar-refractivity contribution in [2.24, 2.45) is 11.8 Å². The number of aromatic nitrogens is 3. The van der Waals surface area contributed by atoms with Crippen LogP contribution in [0.25, 0.3) is 11.0 Å². The topological polar surface area (TPSA) is 121 Å². The average molecular weight is 535 g/mol. The van der Waals surface area contributed by atoms with E-state index in [9.17, 15) is 19.5 Å². The first-order chi connectivity index (χ1) is 19.0. The molecule has 1 aromatic carbocycles. The summed E-state index contributed by atoms with van der Waals surface area (Å²) >= 11 is 0. The highest BCUT2D eigenvalue weighted by Gasteiger charge is 2.71. The first-order valence-corrected chi connectivity index (χ1v) is 13.8. The van der Waals surface area contributed by atoms with Crippen molar-refractivity contribution in [1.82, 2.24) is 29.7 Å². The fourth-order valence-electron chi connectivity index (χ4n) is 6.65. The van der Waals surface area contributed by atoms with Crippen molar-refractivity contribution in [2.75, 3.05) is 32.8 Å². The number of aliphatic hydroxyl groups is 1. The number of amides is 3. The predicted octanol–water partition coefficient (Wildman–Crippen LogP) is 0.949. The van der Waals surface area contributed by atoms with E-state index in [2.05, 4.69) is 10.3 Å². The summed E-state index contributed by atoms with van der Waals surface area (Å²) < 4.78 is 8.33. The summed E-state index contributed by atoms with van der Waals surface area (Å²) in [6.07, 6.45) is 8.80. The van der Waals surface area contributed by atoms with Gasteiger partial charge < -0.3 is 24.5 Å². The van der Waals surface area contributed by atoms with Crippen LogP contribution in [0.4, 0.5) is 0 Å². The molecule has 206 valence electrons. The minimum Gasteiger partial charge on any atom is -0.396 e. The Labute approximate surface area is 226 Å². The summed E-state index contributed by atoms with van der Waals surface area (Å²) in [7, 11) is 0. The van der Waals surface area contributed by atoms with E-state index in [-0.39, 0.29) is 31.0 Å². The minimum atomic E-state index is -1.25. The smallest absolute Gasteiger partial charge is 0.250 e. The Morgan fingerprint density at radius 2 is 1.85 bits per heavy atom. The van der Waals surface area contributed by atoms with Crippen LogP contribution in [0.5, 0.6) is 0 Å². The Balaban J connectivity index is 1.38. The largest absolute Gasteiger partial charge is 0.396 e. The number of ether oxygens (including phenoxy) is 1. The Morgan fingerprint density at radius 1 is 1.03 bits per heavy atom. The molecule has 1 N–H and O–H groups in total. The van der Waals surface area contributed by atoms with E-state index in [1.165, 1.54) is 0 Å². The standard InChI is InChI=1S/C28H34N6O5/c1-2-13-31-14-7-11-21-22(25(31)36)23-26(37)33(16-5-6-17-35)24-27(38)32(15-8-12-28(23,24)39-21)18-34-20-10-4-3-9-19(20)29-30-34/h3-4,7-12,21-24,35H,2,5-6,13-18H2,1H3/t21-,22+,23+,24?,28+/m1/s1. The van der Waals surface area contributed by atoms with Crippen LogP contribution in [-0.2, 0) is 25.8 Å². The number of hydrogen-bond acceptors (Lipinski definition) is 7. The second-order valence-electron chi connectivity index (χ2n) is 10.7. The highest BCUT2D eigenvalue weighted by atomic mass is 16.5. The highest BCUT2D eigenvalue weighted by molar-refractivity contribution is 5.99. The molecule has 6 rings (SSSR count).